The van der Waals surface area contributed by atoms with E-state index in [9.17, 15) is 0 Å². The van der Waals surface area contributed by atoms with Crippen LogP contribution in [0.4, 0.5) is 5.95 Å². The zero-order valence-electron chi connectivity index (χ0n) is 10.6. The van der Waals surface area contributed by atoms with Gasteiger partial charge in [-0.05, 0) is 18.3 Å². The molecule has 0 amide bonds. The van der Waals surface area contributed by atoms with Crippen LogP contribution in [-0.2, 0) is 5.88 Å². The Morgan fingerprint density at radius 3 is 2.35 bits per heavy atom. The van der Waals surface area contributed by atoms with Gasteiger partial charge in [-0.1, -0.05) is 20.3 Å². The Kier molecular flexibility index (Phi) is 3.87. The normalized spacial score (nSPS) is 19.4. The summed E-state index contributed by atoms with van der Waals surface area (Å²) in [7, 11) is 0. The van der Waals surface area contributed by atoms with Crippen molar-refractivity contribution in [3.05, 3.63) is 18.0 Å². The third-order valence-corrected chi connectivity index (χ3v) is 4.26. The minimum Gasteiger partial charge on any atom is -0.341 e. The number of halogens is 1. The molecule has 0 unspecified atom stereocenters. The molecule has 1 aromatic heterocycles. The summed E-state index contributed by atoms with van der Waals surface area (Å²) in [5.41, 5.74) is 1.48. The van der Waals surface area contributed by atoms with E-state index < -0.39 is 0 Å². The number of rotatable bonds is 3. The number of piperidine rings is 1. The number of aromatic nitrogens is 2. The second-order valence-electron chi connectivity index (χ2n) is 5.18. The van der Waals surface area contributed by atoms with E-state index in [-0.39, 0.29) is 0 Å². The molecular weight excluding hydrogens is 234 g/mol. The van der Waals surface area contributed by atoms with Crippen LogP contribution < -0.4 is 4.90 Å². The quantitative estimate of drug-likeness (QED) is 0.775. The predicted molar refractivity (Wildman–Crippen MR) is 71.4 cm³/mol. The molecule has 1 aromatic rings. The van der Waals surface area contributed by atoms with Gasteiger partial charge in [0.05, 0.1) is 5.88 Å². The van der Waals surface area contributed by atoms with E-state index >= 15 is 0 Å². The Hall–Kier alpha value is -0.830. The lowest BCUT2D eigenvalue weighted by Crippen LogP contribution is -2.39. The minimum absolute atomic E-state index is 0.480. The van der Waals surface area contributed by atoms with Crippen LogP contribution in [0.1, 0.15) is 38.7 Å². The van der Waals surface area contributed by atoms with Crippen molar-refractivity contribution in [3.63, 3.8) is 0 Å². The number of anilines is 1. The van der Waals surface area contributed by atoms with Crippen molar-refractivity contribution < 1.29 is 0 Å². The monoisotopic (exact) mass is 253 g/mol. The summed E-state index contributed by atoms with van der Waals surface area (Å²) < 4.78 is 0. The molecule has 0 spiro atoms. The maximum atomic E-state index is 5.73. The van der Waals surface area contributed by atoms with Crippen LogP contribution in [0.3, 0.4) is 0 Å². The third-order valence-electron chi connectivity index (χ3n) is 3.95. The standard InChI is InChI=1S/C13H20ClN3/c1-3-13(2)4-6-17(7-5-13)12-15-9-11(8-14)10-16-12/h9-10H,3-8H2,1-2H3. The second-order valence-corrected chi connectivity index (χ2v) is 5.44. The summed E-state index contributed by atoms with van der Waals surface area (Å²) in [4.78, 5) is 11.0. The number of hydrogen-bond donors (Lipinski definition) is 0. The molecule has 0 aromatic carbocycles. The molecule has 0 atom stereocenters. The van der Waals surface area contributed by atoms with Gasteiger partial charge in [0.15, 0.2) is 0 Å². The molecule has 0 radical (unpaired) electrons. The molecule has 0 aliphatic carbocycles. The highest BCUT2D eigenvalue weighted by Gasteiger charge is 2.29. The lowest BCUT2D eigenvalue weighted by atomic mass is 9.78. The number of alkyl halides is 1. The average Bonchev–Trinajstić information content (AvgIpc) is 2.40. The minimum atomic E-state index is 0.480. The largest absolute Gasteiger partial charge is 0.341 e. The van der Waals surface area contributed by atoms with Gasteiger partial charge >= 0.3 is 0 Å². The molecule has 1 fully saturated rings. The van der Waals surface area contributed by atoms with Gasteiger partial charge in [0, 0.05) is 31.0 Å². The molecule has 3 nitrogen and oxygen atoms in total. The van der Waals surface area contributed by atoms with E-state index in [4.69, 9.17) is 11.6 Å². The van der Waals surface area contributed by atoms with Crippen molar-refractivity contribution >= 4 is 17.5 Å². The SMILES string of the molecule is CCC1(C)CCN(c2ncc(CCl)cn2)CC1. The maximum Gasteiger partial charge on any atom is 0.225 e. The summed E-state index contributed by atoms with van der Waals surface area (Å²) >= 11 is 5.73. The van der Waals surface area contributed by atoms with E-state index in [1.54, 1.807) is 0 Å². The van der Waals surface area contributed by atoms with Crippen molar-refractivity contribution in [2.24, 2.45) is 5.41 Å². The molecule has 1 aliphatic rings. The Labute approximate surface area is 108 Å². The molecule has 4 heteroatoms. The summed E-state index contributed by atoms with van der Waals surface area (Å²) in [6.07, 6.45) is 7.35. The topological polar surface area (TPSA) is 29.0 Å². The van der Waals surface area contributed by atoms with Crippen LogP contribution >= 0.6 is 11.6 Å². The molecule has 0 saturated carbocycles. The first-order valence-electron chi connectivity index (χ1n) is 6.29. The molecule has 2 rings (SSSR count). The smallest absolute Gasteiger partial charge is 0.225 e. The van der Waals surface area contributed by atoms with Gasteiger partial charge in [-0.15, -0.1) is 11.6 Å². The van der Waals surface area contributed by atoms with Gasteiger partial charge in [-0.25, -0.2) is 9.97 Å². The highest BCUT2D eigenvalue weighted by molar-refractivity contribution is 6.17. The van der Waals surface area contributed by atoms with Gasteiger partial charge < -0.3 is 4.90 Å². The summed E-state index contributed by atoms with van der Waals surface area (Å²) in [6.45, 7) is 6.78. The van der Waals surface area contributed by atoms with Crippen molar-refractivity contribution in [1.29, 1.82) is 0 Å². The molecule has 0 bridgehead atoms. The average molecular weight is 254 g/mol. The van der Waals surface area contributed by atoms with Crippen LogP contribution in [0.5, 0.6) is 0 Å². The fourth-order valence-corrected chi connectivity index (χ4v) is 2.32. The first kappa shape index (κ1) is 12.6. The lowest BCUT2D eigenvalue weighted by molar-refractivity contribution is 0.237. The third kappa shape index (κ3) is 2.89. The van der Waals surface area contributed by atoms with E-state index in [1.165, 1.54) is 19.3 Å². The summed E-state index contributed by atoms with van der Waals surface area (Å²) in [5.74, 6) is 1.32. The van der Waals surface area contributed by atoms with Crippen LogP contribution in [0, 0.1) is 5.41 Å². The number of nitrogens with zero attached hydrogens (tertiary/aromatic N) is 3. The first-order valence-corrected chi connectivity index (χ1v) is 6.82. The van der Waals surface area contributed by atoms with Crippen LogP contribution in [0.25, 0.3) is 0 Å². The zero-order valence-corrected chi connectivity index (χ0v) is 11.4. The van der Waals surface area contributed by atoms with Gasteiger partial charge in [-0.2, -0.15) is 0 Å². The Morgan fingerprint density at radius 1 is 1.29 bits per heavy atom. The van der Waals surface area contributed by atoms with Gasteiger partial charge in [0.2, 0.25) is 5.95 Å². The first-order chi connectivity index (χ1) is 8.17. The predicted octanol–water partition coefficient (Wildman–Crippen LogP) is 3.23. The lowest BCUT2D eigenvalue weighted by Gasteiger charge is -2.38. The Morgan fingerprint density at radius 2 is 1.88 bits per heavy atom. The second kappa shape index (κ2) is 5.21. The van der Waals surface area contributed by atoms with E-state index in [0.29, 0.717) is 11.3 Å². The highest BCUT2D eigenvalue weighted by atomic mass is 35.5. The maximum absolute atomic E-state index is 5.73. The fraction of sp³-hybridized carbons (Fsp3) is 0.692. The van der Waals surface area contributed by atoms with Gasteiger partial charge in [0.1, 0.15) is 0 Å². The molecule has 2 heterocycles. The molecule has 1 aliphatic heterocycles. The zero-order chi connectivity index (χ0) is 12.3. The van der Waals surface area contributed by atoms with Crippen LogP contribution in [0.15, 0.2) is 12.4 Å². The van der Waals surface area contributed by atoms with E-state index in [2.05, 4.69) is 28.7 Å². The van der Waals surface area contributed by atoms with Crippen molar-refractivity contribution in [1.82, 2.24) is 9.97 Å². The summed E-state index contributed by atoms with van der Waals surface area (Å²) in [5, 5.41) is 0. The van der Waals surface area contributed by atoms with Crippen LogP contribution in [-0.4, -0.2) is 23.1 Å². The number of hydrogen-bond acceptors (Lipinski definition) is 3. The van der Waals surface area contributed by atoms with Crippen molar-refractivity contribution in [2.75, 3.05) is 18.0 Å². The van der Waals surface area contributed by atoms with Crippen molar-refractivity contribution in [2.45, 2.75) is 39.0 Å². The molecule has 1 saturated heterocycles. The van der Waals surface area contributed by atoms with Crippen molar-refractivity contribution in [3.8, 4) is 0 Å². The molecule has 0 N–H and O–H groups in total. The van der Waals surface area contributed by atoms with Gasteiger partial charge in [-0.3, -0.25) is 0 Å². The molecule has 94 valence electrons. The van der Waals surface area contributed by atoms with E-state index in [1.807, 2.05) is 12.4 Å². The van der Waals surface area contributed by atoms with Gasteiger partial charge in [0.25, 0.3) is 0 Å². The summed E-state index contributed by atoms with van der Waals surface area (Å²) in [6, 6.07) is 0. The Balaban J connectivity index is 2.00. The Bertz CT molecular complexity index is 355. The molecule has 17 heavy (non-hydrogen) atoms. The van der Waals surface area contributed by atoms with E-state index in [0.717, 1.165) is 24.6 Å². The van der Waals surface area contributed by atoms with Crippen LogP contribution in [0.2, 0.25) is 0 Å². The molecular formula is C13H20ClN3. The highest BCUT2D eigenvalue weighted by Crippen LogP contribution is 2.34. The fourth-order valence-electron chi connectivity index (χ4n) is 2.18.